The van der Waals surface area contributed by atoms with E-state index in [1.807, 2.05) is 0 Å². The van der Waals surface area contributed by atoms with E-state index >= 15 is 0 Å². The number of nitrogens with one attached hydrogen (secondary N) is 1. The number of benzene rings is 1. The monoisotopic (exact) mass is 287 g/mol. The number of aromatic nitrogens is 3. The number of aryl methyl sites for hydroxylation is 2. The maximum atomic E-state index is 12.0. The predicted octanol–water partition coefficient (Wildman–Crippen LogP) is 0.703. The molecule has 0 aliphatic rings. The minimum Gasteiger partial charge on any atom is -0.508 e. The molecule has 0 fully saturated rings. The molecule has 0 radical (unpaired) electrons. The Labute approximate surface area is 122 Å². The smallest absolute Gasteiger partial charge is 0.249 e. The summed E-state index contributed by atoms with van der Waals surface area (Å²) in [5.74, 6) is -0.0660. The Morgan fingerprint density at radius 3 is 2.52 bits per heavy atom. The Balaban J connectivity index is 1.98. The van der Waals surface area contributed by atoms with Crippen molar-refractivity contribution in [2.75, 3.05) is 5.32 Å². The van der Waals surface area contributed by atoms with Crippen LogP contribution in [0, 0.1) is 13.8 Å². The predicted molar refractivity (Wildman–Crippen MR) is 77.7 cm³/mol. The number of hydrogen-bond donors (Lipinski definition) is 3. The van der Waals surface area contributed by atoms with Crippen LogP contribution < -0.4 is 11.1 Å². The highest BCUT2D eigenvalue weighted by atomic mass is 16.3. The number of nitrogens with two attached hydrogens (primary N) is 1. The summed E-state index contributed by atoms with van der Waals surface area (Å²) in [6.45, 7) is 3.58. The van der Waals surface area contributed by atoms with E-state index in [0.29, 0.717) is 17.8 Å². The van der Waals surface area contributed by atoms with Gasteiger partial charge in [-0.3, -0.25) is 10.1 Å². The van der Waals surface area contributed by atoms with Crippen molar-refractivity contribution in [2.24, 2.45) is 5.73 Å². The summed E-state index contributed by atoms with van der Waals surface area (Å²) in [6.07, 6.45) is 0.352. The van der Waals surface area contributed by atoms with E-state index in [1.165, 1.54) is 0 Å². The Bertz CT molecular complexity index is 642. The van der Waals surface area contributed by atoms with Gasteiger partial charge >= 0.3 is 0 Å². The maximum absolute atomic E-state index is 12.0. The first kappa shape index (κ1) is 14.9. The molecule has 1 aromatic heterocycles. The van der Waals surface area contributed by atoms with Crippen LogP contribution >= 0.6 is 0 Å². The molecule has 0 saturated carbocycles. The Kier molecular flexibility index (Phi) is 4.44. The summed E-state index contributed by atoms with van der Waals surface area (Å²) in [7, 11) is 0. The number of nitrogens with zero attached hydrogens (tertiary/aromatic N) is 3. The van der Waals surface area contributed by atoms with Gasteiger partial charge in [0.2, 0.25) is 11.9 Å². The first-order valence-corrected chi connectivity index (χ1v) is 6.48. The van der Waals surface area contributed by atoms with Crippen molar-refractivity contribution >= 4 is 11.9 Å². The number of hydrogen-bond acceptors (Lipinski definition) is 6. The maximum Gasteiger partial charge on any atom is 0.249 e. The molecule has 0 saturated heterocycles. The van der Waals surface area contributed by atoms with Crippen molar-refractivity contribution in [1.82, 2.24) is 15.2 Å². The number of phenolic OH excluding ortho intramolecular Hbond substituents is 1. The summed E-state index contributed by atoms with van der Waals surface area (Å²) < 4.78 is 0. The van der Waals surface area contributed by atoms with Gasteiger partial charge in [0.1, 0.15) is 5.75 Å². The van der Waals surface area contributed by atoms with E-state index in [2.05, 4.69) is 20.5 Å². The highest BCUT2D eigenvalue weighted by Crippen LogP contribution is 2.11. The molecule has 0 spiro atoms. The molecule has 1 amide bonds. The molecule has 0 bridgehead atoms. The summed E-state index contributed by atoms with van der Waals surface area (Å²) in [4.78, 5) is 16.1. The molecule has 1 aromatic carbocycles. The molecule has 2 aromatic rings. The average molecular weight is 287 g/mol. The highest BCUT2D eigenvalue weighted by molar-refractivity contribution is 5.93. The van der Waals surface area contributed by atoms with E-state index in [1.54, 1.807) is 38.1 Å². The van der Waals surface area contributed by atoms with Crippen LogP contribution in [0.5, 0.6) is 5.75 Å². The minimum absolute atomic E-state index is 0.143. The van der Waals surface area contributed by atoms with E-state index in [-0.39, 0.29) is 17.6 Å². The molecule has 21 heavy (non-hydrogen) atoms. The van der Waals surface area contributed by atoms with Crippen LogP contribution in [0.4, 0.5) is 5.95 Å². The zero-order valence-corrected chi connectivity index (χ0v) is 11.9. The van der Waals surface area contributed by atoms with Gasteiger partial charge in [0.15, 0.2) is 0 Å². The number of carbonyl (C=O) groups excluding carboxylic acids is 1. The number of amides is 1. The van der Waals surface area contributed by atoms with Gasteiger partial charge in [-0.2, -0.15) is 5.10 Å². The third kappa shape index (κ3) is 3.96. The minimum atomic E-state index is -0.736. The fourth-order valence-corrected chi connectivity index (χ4v) is 1.69. The van der Waals surface area contributed by atoms with Crippen LogP contribution in [0.3, 0.4) is 0 Å². The normalized spacial score (nSPS) is 12.0. The van der Waals surface area contributed by atoms with Crippen molar-refractivity contribution in [3.8, 4) is 5.75 Å². The second-order valence-electron chi connectivity index (χ2n) is 4.77. The van der Waals surface area contributed by atoms with Crippen LogP contribution in [0.1, 0.15) is 17.0 Å². The largest absolute Gasteiger partial charge is 0.508 e. The lowest BCUT2D eigenvalue weighted by Gasteiger charge is -2.11. The number of rotatable bonds is 4. The molecule has 7 heteroatoms. The second-order valence-corrected chi connectivity index (χ2v) is 4.77. The first-order valence-electron chi connectivity index (χ1n) is 6.48. The van der Waals surface area contributed by atoms with Crippen molar-refractivity contribution in [3.63, 3.8) is 0 Å². The van der Waals surface area contributed by atoms with Crippen molar-refractivity contribution in [1.29, 1.82) is 0 Å². The van der Waals surface area contributed by atoms with Crippen molar-refractivity contribution in [2.45, 2.75) is 26.3 Å². The van der Waals surface area contributed by atoms with Gasteiger partial charge in [-0.25, -0.2) is 4.98 Å². The molecule has 4 N–H and O–H groups in total. The van der Waals surface area contributed by atoms with Crippen LogP contribution in [0.2, 0.25) is 0 Å². The zero-order chi connectivity index (χ0) is 15.4. The molecule has 1 heterocycles. The molecule has 7 nitrogen and oxygen atoms in total. The lowest BCUT2D eigenvalue weighted by molar-refractivity contribution is -0.117. The molecule has 0 unspecified atom stereocenters. The molecule has 0 aliphatic heterocycles. The number of anilines is 1. The first-order chi connectivity index (χ1) is 9.95. The summed E-state index contributed by atoms with van der Waals surface area (Å²) in [5.41, 5.74) is 8.12. The zero-order valence-electron chi connectivity index (χ0n) is 11.9. The van der Waals surface area contributed by atoms with Gasteiger partial charge in [0.25, 0.3) is 0 Å². The van der Waals surface area contributed by atoms with Gasteiger partial charge in [0, 0.05) is 0 Å². The Morgan fingerprint density at radius 2 is 1.90 bits per heavy atom. The van der Waals surface area contributed by atoms with Gasteiger partial charge in [-0.1, -0.05) is 12.1 Å². The average Bonchev–Trinajstić information content (AvgIpc) is 2.45. The van der Waals surface area contributed by atoms with Crippen LogP contribution in [-0.4, -0.2) is 32.2 Å². The molecule has 0 aliphatic carbocycles. The lowest BCUT2D eigenvalue weighted by Crippen LogP contribution is -2.38. The summed E-state index contributed by atoms with van der Waals surface area (Å²) in [5, 5.41) is 19.4. The van der Waals surface area contributed by atoms with Crippen LogP contribution in [-0.2, 0) is 11.2 Å². The van der Waals surface area contributed by atoms with Crippen molar-refractivity contribution in [3.05, 3.63) is 41.2 Å². The fraction of sp³-hybridized carbons (Fsp3) is 0.286. The number of phenols is 1. The van der Waals surface area contributed by atoms with Gasteiger partial charge in [0.05, 0.1) is 17.4 Å². The number of carbonyl (C=O) groups is 1. The highest BCUT2D eigenvalue weighted by Gasteiger charge is 2.16. The third-order valence-electron chi connectivity index (χ3n) is 3.06. The summed E-state index contributed by atoms with van der Waals surface area (Å²) in [6, 6.07) is 5.81. The molecular formula is C14H17N5O2. The standard InChI is InChI=1S/C14H17N5O2/c1-8-9(2)18-19-14(16-8)17-13(21)12(15)7-10-3-5-11(20)6-4-10/h3-6,12,20H,7,15H2,1-2H3,(H,16,17,19,21)/t12-/m1/s1. The molecular weight excluding hydrogens is 270 g/mol. The second kappa shape index (κ2) is 6.27. The third-order valence-corrected chi connectivity index (χ3v) is 3.06. The lowest BCUT2D eigenvalue weighted by atomic mass is 10.1. The molecule has 110 valence electrons. The SMILES string of the molecule is Cc1nnc(NC(=O)[C@H](N)Cc2ccc(O)cc2)nc1C. The van der Waals surface area contributed by atoms with E-state index in [4.69, 9.17) is 5.73 Å². The van der Waals surface area contributed by atoms with Gasteiger partial charge in [-0.05, 0) is 38.0 Å². The van der Waals surface area contributed by atoms with Crippen LogP contribution in [0.15, 0.2) is 24.3 Å². The van der Waals surface area contributed by atoms with E-state index < -0.39 is 6.04 Å². The molecule has 2 rings (SSSR count). The Morgan fingerprint density at radius 1 is 1.24 bits per heavy atom. The van der Waals surface area contributed by atoms with E-state index in [9.17, 15) is 9.90 Å². The quantitative estimate of drug-likeness (QED) is 0.762. The van der Waals surface area contributed by atoms with Crippen molar-refractivity contribution < 1.29 is 9.90 Å². The Hall–Kier alpha value is -2.54. The van der Waals surface area contributed by atoms with Crippen LogP contribution in [0.25, 0.3) is 0 Å². The molecule has 1 atom stereocenters. The number of aromatic hydroxyl groups is 1. The fourth-order valence-electron chi connectivity index (χ4n) is 1.69. The van der Waals surface area contributed by atoms with Gasteiger partial charge in [-0.15, -0.1) is 5.10 Å². The van der Waals surface area contributed by atoms with E-state index in [0.717, 1.165) is 5.56 Å². The van der Waals surface area contributed by atoms with Gasteiger partial charge < -0.3 is 10.8 Å². The summed E-state index contributed by atoms with van der Waals surface area (Å²) >= 11 is 0. The topological polar surface area (TPSA) is 114 Å².